The van der Waals surface area contributed by atoms with Gasteiger partial charge in [0.15, 0.2) is 5.13 Å². The molecule has 1 saturated heterocycles. The largest absolute Gasteiger partial charge is 0.347 e. The predicted molar refractivity (Wildman–Crippen MR) is 100 cm³/mol. The van der Waals surface area contributed by atoms with Gasteiger partial charge in [0.25, 0.3) is 0 Å². The van der Waals surface area contributed by atoms with Crippen molar-refractivity contribution in [1.82, 2.24) is 9.88 Å². The van der Waals surface area contributed by atoms with Crippen LogP contribution in [0.25, 0.3) is 0 Å². The summed E-state index contributed by atoms with van der Waals surface area (Å²) in [4.78, 5) is 21.3. The molecular weight excluding hydrogens is 363 g/mol. The van der Waals surface area contributed by atoms with Crippen LogP contribution in [0, 0.1) is 5.82 Å². The van der Waals surface area contributed by atoms with E-state index in [-0.39, 0.29) is 17.0 Å². The fourth-order valence-electron chi connectivity index (χ4n) is 2.88. The molecule has 1 aliphatic heterocycles. The van der Waals surface area contributed by atoms with E-state index in [1.54, 1.807) is 11.3 Å². The van der Waals surface area contributed by atoms with E-state index in [0.717, 1.165) is 37.7 Å². The van der Waals surface area contributed by atoms with Crippen molar-refractivity contribution in [3.63, 3.8) is 0 Å². The molecule has 0 aliphatic carbocycles. The van der Waals surface area contributed by atoms with Gasteiger partial charge in [-0.3, -0.25) is 9.69 Å². The molecule has 0 saturated carbocycles. The second-order valence-electron chi connectivity index (χ2n) is 5.98. The maximum atomic E-state index is 13.1. The van der Waals surface area contributed by atoms with Crippen LogP contribution in [-0.4, -0.2) is 48.0 Å². The summed E-state index contributed by atoms with van der Waals surface area (Å²) in [6.07, 6.45) is 2.78. The third kappa shape index (κ3) is 4.48. The fourth-order valence-corrected chi connectivity index (χ4v) is 3.79. The summed E-state index contributed by atoms with van der Waals surface area (Å²) in [5.74, 6) is -0.568. The number of thiazole rings is 1. The van der Waals surface area contributed by atoms with Gasteiger partial charge in [0.2, 0.25) is 5.91 Å². The van der Waals surface area contributed by atoms with Crippen LogP contribution in [0.4, 0.5) is 15.2 Å². The lowest BCUT2D eigenvalue weighted by Gasteiger charge is -2.27. The zero-order valence-corrected chi connectivity index (χ0v) is 15.5. The Kier molecular flexibility index (Phi) is 5.88. The highest BCUT2D eigenvalue weighted by Gasteiger charge is 2.25. The average Bonchev–Trinajstić information content (AvgIpc) is 3.01. The van der Waals surface area contributed by atoms with Gasteiger partial charge in [0, 0.05) is 37.8 Å². The number of benzene rings is 1. The van der Waals surface area contributed by atoms with Gasteiger partial charge in [0.05, 0.1) is 16.8 Å². The van der Waals surface area contributed by atoms with Crippen molar-refractivity contribution in [2.24, 2.45) is 0 Å². The molecule has 1 N–H and O–H groups in total. The minimum atomic E-state index is -0.425. The van der Waals surface area contributed by atoms with Gasteiger partial charge >= 0.3 is 0 Å². The Morgan fingerprint density at radius 2 is 2.20 bits per heavy atom. The summed E-state index contributed by atoms with van der Waals surface area (Å²) in [5, 5.41) is 5.99. The normalized spacial score (nSPS) is 17.2. The highest BCUT2D eigenvalue weighted by molar-refractivity contribution is 7.13. The van der Waals surface area contributed by atoms with Crippen LogP contribution >= 0.6 is 22.9 Å². The van der Waals surface area contributed by atoms with E-state index in [1.165, 1.54) is 18.2 Å². The zero-order chi connectivity index (χ0) is 17.8. The van der Waals surface area contributed by atoms with Crippen LogP contribution in [0.1, 0.15) is 13.3 Å². The van der Waals surface area contributed by atoms with Crippen molar-refractivity contribution in [2.45, 2.75) is 19.4 Å². The molecule has 134 valence electrons. The Morgan fingerprint density at radius 3 is 2.92 bits per heavy atom. The zero-order valence-electron chi connectivity index (χ0n) is 13.9. The molecular formula is C17H20ClFN4OS. The highest BCUT2D eigenvalue weighted by Crippen LogP contribution is 2.23. The van der Waals surface area contributed by atoms with E-state index < -0.39 is 5.82 Å². The first kappa shape index (κ1) is 18.1. The maximum absolute atomic E-state index is 13.1. The first-order chi connectivity index (χ1) is 12.0. The predicted octanol–water partition coefficient (Wildman–Crippen LogP) is 3.47. The summed E-state index contributed by atoms with van der Waals surface area (Å²) in [5.41, 5.74) is 0.430. The summed E-state index contributed by atoms with van der Waals surface area (Å²) in [6.45, 7) is 5.27. The number of hydrogen-bond acceptors (Lipinski definition) is 5. The van der Waals surface area contributed by atoms with E-state index in [4.69, 9.17) is 11.6 Å². The standard InChI is InChI=1S/C17H20ClFN4OS/c1-12(16(24)21-15-4-3-13(19)11-14(15)18)22-6-2-7-23(9-8-22)17-20-5-10-25-17/h3-5,10-12H,2,6-9H2,1H3,(H,21,24). The van der Waals surface area contributed by atoms with Crippen LogP contribution in [-0.2, 0) is 4.79 Å². The quantitative estimate of drug-likeness (QED) is 0.879. The van der Waals surface area contributed by atoms with Gasteiger partial charge in [-0.15, -0.1) is 11.3 Å². The fraction of sp³-hybridized carbons (Fsp3) is 0.412. The third-order valence-electron chi connectivity index (χ3n) is 4.34. The first-order valence-corrected chi connectivity index (χ1v) is 9.45. The van der Waals surface area contributed by atoms with E-state index in [2.05, 4.69) is 20.1 Å². The van der Waals surface area contributed by atoms with E-state index in [9.17, 15) is 9.18 Å². The molecule has 2 heterocycles. The molecule has 5 nitrogen and oxygen atoms in total. The SMILES string of the molecule is CC(C(=O)Nc1ccc(F)cc1Cl)N1CCCN(c2nccs2)CC1. The first-order valence-electron chi connectivity index (χ1n) is 8.19. The van der Waals surface area contributed by atoms with Crippen molar-refractivity contribution >= 4 is 39.7 Å². The molecule has 0 radical (unpaired) electrons. The molecule has 0 bridgehead atoms. The van der Waals surface area contributed by atoms with Crippen LogP contribution in [0.2, 0.25) is 5.02 Å². The Bertz CT molecular complexity index is 727. The minimum absolute atomic E-state index is 0.142. The Morgan fingerprint density at radius 1 is 1.36 bits per heavy atom. The molecule has 0 spiro atoms. The summed E-state index contributed by atoms with van der Waals surface area (Å²) in [6, 6.07) is 3.66. The third-order valence-corrected chi connectivity index (χ3v) is 5.48. The summed E-state index contributed by atoms with van der Waals surface area (Å²) < 4.78 is 13.1. The number of nitrogens with one attached hydrogen (secondary N) is 1. The Balaban J connectivity index is 1.60. The molecule has 25 heavy (non-hydrogen) atoms. The van der Waals surface area contributed by atoms with Crippen LogP contribution in [0.5, 0.6) is 0 Å². The van der Waals surface area contributed by atoms with Crippen LogP contribution < -0.4 is 10.2 Å². The second-order valence-corrected chi connectivity index (χ2v) is 7.26. The molecule has 8 heteroatoms. The molecule has 1 aromatic heterocycles. The lowest BCUT2D eigenvalue weighted by molar-refractivity contribution is -0.120. The maximum Gasteiger partial charge on any atom is 0.241 e. The average molecular weight is 383 g/mol. The monoisotopic (exact) mass is 382 g/mol. The minimum Gasteiger partial charge on any atom is -0.347 e. The van der Waals surface area contributed by atoms with E-state index in [1.807, 2.05) is 18.5 Å². The van der Waals surface area contributed by atoms with Crippen molar-refractivity contribution in [3.05, 3.63) is 40.6 Å². The molecule has 1 aliphatic rings. The molecule has 3 rings (SSSR count). The number of halogens is 2. The summed E-state index contributed by atoms with van der Waals surface area (Å²) in [7, 11) is 0. The molecule has 1 atom stereocenters. The number of rotatable bonds is 4. The van der Waals surface area contributed by atoms with Crippen molar-refractivity contribution in [3.8, 4) is 0 Å². The molecule has 1 amide bonds. The van der Waals surface area contributed by atoms with Crippen LogP contribution in [0.15, 0.2) is 29.8 Å². The van der Waals surface area contributed by atoms with Gasteiger partial charge in [-0.2, -0.15) is 0 Å². The number of amides is 1. The van der Waals surface area contributed by atoms with Gasteiger partial charge in [-0.25, -0.2) is 9.37 Å². The van der Waals surface area contributed by atoms with Crippen molar-refractivity contribution < 1.29 is 9.18 Å². The molecule has 2 aromatic rings. The van der Waals surface area contributed by atoms with Gasteiger partial charge < -0.3 is 10.2 Å². The number of carbonyl (C=O) groups excluding carboxylic acids is 1. The lowest BCUT2D eigenvalue weighted by Crippen LogP contribution is -2.44. The van der Waals surface area contributed by atoms with Gasteiger partial charge in [0.1, 0.15) is 5.82 Å². The number of carbonyl (C=O) groups is 1. The second kappa shape index (κ2) is 8.12. The number of hydrogen-bond donors (Lipinski definition) is 1. The molecule has 1 unspecified atom stereocenters. The van der Waals surface area contributed by atoms with Crippen molar-refractivity contribution in [1.29, 1.82) is 0 Å². The number of nitrogens with zero attached hydrogens (tertiary/aromatic N) is 3. The number of aromatic nitrogens is 1. The van der Waals surface area contributed by atoms with Gasteiger partial charge in [-0.05, 0) is 31.5 Å². The molecule has 1 fully saturated rings. The van der Waals surface area contributed by atoms with E-state index >= 15 is 0 Å². The van der Waals surface area contributed by atoms with E-state index in [0.29, 0.717) is 5.69 Å². The summed E-state index contributed by atoms with van der Waals surface area (Å²) >= 11 is 7.62. The Hall–Kier alpha value is -1.70. The van der Waals surface area contributed by atoms with Crippen LogP contribution in [0.3, 0.4) is 0 Å². The van der Waals surface area contributed by atoms with Crippen molar-refractivity contribution in [2.75, 3.05) is 36.4 Å². The lowest BCUT2D eigenvalue weighted by atomic mass is 10.2. The highest BCUT2D eigenvalue weighted by atomic mass is 35.5. The molecule has 1 aromatic carbocycles. The van der Waals surface area contributed by atoms with Gasteiger partial charge in [-0.1, -0.05) is 11.6 Å². The smallest absolute Gasteiger partial charge is 0.241 e. The Labute approximate surface area is 155 Å². The topological polar surface area (TPSA) is 48.5 Å². The number of anilines is 2.